The van der Waals surface area contributed by atoms with Crippen LogP contribution in [0.15, 0.2) is 48.5 Å². The minimum Gasteiger partial charge on any atom is -0.497 e. The van der Waals surface area contributed by atoms with Gasteiger partial charge in [0.25, 0.3) is 5.91 Å². The number of terminal acetylenes is 1. The topological polar surface area (TPSA) is 97.0 Å². The highest BCUT2D eigenvalue weighted by molar-refractivity contribution is 5.99. The number of rotatable bonds is 10. The molecule has 0 spiro atoms. The molecule has 2 N–H and O–H groups in total. The predicted molar refractivity (Wildman–Crippen MR) is 156 cm³/mol. The van der Waals surface area contributed by atoms with Crippen LogP contribution in [-0.4, -0.2) is 47.6 Å². The Morgan fingerprint density at radius 1 is 1.07 bits per heavy atom. The van der Waals surface area contributed by atoms with Gasteiger partial charge in [-0.3, -0.25) is 9.59 Å². The molecule has 0 aliphatic heterocycles. The molecule has 0 bridgehead atoms. The number of anilines is 1. The van der Waals surface area contributed by atoms with Crippen molar-refractivity contribution in [2.45, 2.75) is 84.0 Å². The zero-order chi connectivity index (χ0) is 29.4. The van der Waals surface area contributed by atoms with E-state index in [0.717, 1.165) is 19.3 Å². The molecule has 0 heterocycles. The Labute approximate surface area is 237 Å². The molecule has 1 aliphatic rings. The van der Waals surface area contributed by atoms with Crippen molar-refractivity contribution in [3.05, 3.63) is 59.7 Å². The Bertz CT molecular complexity index is 1210. The minimum absolute atomic E-state index is 0.154. The fraction of sp³-hybridized carbons (Fsp3) is 0.469. The number of amides is 3. The van der Waals surface area contributed by atoms with Crippen LogP contribution in [0.5, 0.6) is 5.75 Å². The van der Waals surface area contributed by atoms with Crippen LogP contribution in [0.25, 0.3) is 0 Å². The summed E-state index contributed by atoms with van der Waals surface area (Å²) in [6, 6.07) is 12.1. The van der Waals surface area contributed by atoms with Gasteiger partial charge in [-0.15, -0.1) is 6.42 Å². The Kier molecular flexibility index (Phi) is 10.2. The summed E-state index contributed by atoms with van der Waals surface area (Å²) in [4.78, 5) is 42.8. The van der Waals surface area contributed by atoms with E-state index in [1.165, 1.54) is 0 Å². The maximum Gasteiger partial charge on any atom is 0.408 e. The number of alkyl carbamates (subject to hydrolysis) is 1. The first kappa shape index (κ1) is 30.6. The molecule has 3 unspecified atom stereocenters. The quantitative estimate of drug-likeness (QED) is 0.373. The second-order valence-electron chi connectivity index (χ2n) is 11.2. The number of nitrogens with zero attached hydrogens (tertiary/aromatic N) is 1. The number of carbonyl (C=O) groups excluding carboxylic acids is 3. The summed E-state index contributed by atoms with van der Waals surface area (Å²) < 4.78 is 10.7. The van der Waals surface area contributed by atoms with Crippen LogP contribution in [0.1, 0.15) is 77.5 Å². The van der Waals surface area contributed by atoms with Crippen LogP contribution >= 0.6 is 0 Å². The lowest BCUT2D eigenvalue weighted by Gasteiger charge is -2.44. The Morgan fingerprint density at radius 2 is 1.70 bits per heavy atom. The average Bonchev–Trinajstić information content (AvgIpc) is 2.89. The number of ether oxygens (including phenoxy) is 2. The molecule has 0 saturated heterocycles. The van der Waals surface area contributed by atoms with Crippen LogP contribution in [-0.2, 0) is 14.3 Å². The van der Waals surface area contributed by atoms with Crippen LogP contribution in [0, 0.1) is 18.3 Å². The zero-order valence-corrected chi connectivity index (χ0v) is 24.3. The number of benzene rings is 2. The second kappa shape index (κ2) is 13.4. The second-order valence-corrected chi connectivity index (χ2v) is 11.2. The molecule has 8 nitrogen and oxygen atoms in total. The van der Waals surface area contributed by atoms with E-state index in [1.807, 2.05) is 13.8 Å². The van der Waals surface area contributed by atoms with Crippen molar-refractivity contribution in [2.75, 3.05) is 12.4 Å². The third-order valence-electron chi connectivity index (χ3n) is 7.15. The van der Waals surface area contributed by atoms with Crippen molar-refractivity contribution in [3.63, 3.8) is 0 Å². The van der Waals surface area contributed by atoms with E-state index in [4.69, 9.17) is 15.9 Å². The van der Waals surface area contributed by atoms with Crippen molar-refractivity contribution < 1.29 is 23.9 Å². The highest BCUT2D eigenvalue weighted by Crippen LogP contribution is 2.35. The summed E-state index contributed by atoms with van der Waals surface area (Å²) in [6.07, 6.45) is 8.02. The smallest absolute Gasteiger partial charge is 0.408 e. The van der Waals surface area contributed by atoms with E-state index in [9.17, 15) is 14.4 Å². The van der Waals surface area contributed by atoms with Gasteiger partial charge >= 0.3 is 6.09 Å². The maximum absolute atomic E-state index is 14.4. The van der Waals surface area contributed by atoms with Gasteiger partial charge in [0, 0.05) is 17.3 Å². The molecule has 0 radical (unpaired) electrons. The van der Waals surface area contributed by atoms with E-state index in [-0.39, 0.29) is 23.8 Å². The van der Waals surface area contributed by atoms with Gasteiger partial charge in [0.05, 0.1) is 7.11 Å². The molecule has 2 aromatic carbocycles. The molecule has 1 saturated carbocycles. The molecule has 8 heteroatoms. The molecule has 0 aromatic heterocycles. The first-order valence-corrected chi connectivity index (χ1v) is 13.8. The van der Waals surface area contributed by atoms with Crippen LogP contribution < -0.4 is 15.4 Å². The molecule has 3 amide bonds. The number of hydrogen-bond acceptors (Lipinski definition) is 5. The third kappa shape index (κ3) is 7.78. The van der Waals surface area contributed by atoms with Crippen LogP contribution in [0.2, 0.25) is 0 Å². The molecule has 1 aliphatic carbocycles. The summed E-state index contributed by atoms with van der Waals surface area (Å²) >= 11 is 0. The number of methoxy groups -OCH3 is 1. The van der Waals surface area contributed by atoms with Crippen LogP contribution in [0.4, 0.5) is 10.5 Å². The maximum atomic E-state index is 14.4. The van der Waals surface area contributed by atoms with E-state index < -0.39 is 23.8 Å². The van der Waals surface area contributed by atoms with Gasteiger partial charge in [-0.1, -0.05) is 38.3 Å². The first-order valence-electron chi connectivity index (χ1n) is 13.8. The summed E-state index contributed by atoms with van der Waals surface area (Å²) in [7, 11) is 1.57. The van der Waals surface area contributed by atoms with E-state index in [0.29, 0.717) is 29.0 Å². The molecule has 3 rings (SSSR count). The normalized spacial score (nSPS) is 15.4. The third-order valence-corrected chi connectivity index (χ3v) is 7.15. The largest absolute Gasteiger partial charge is 0.497 e. The van der Waals surface area contributed by atoms with Crippen molar-refractivity contribution in [1.82, 2.24) is 10.2 Å². The van der Waals surface area contributed by atoms with Gasteiger partial charge in [-0.2, -0.15) is 0 Å². The summed E-state index contributed by atoms with van der Waals surface area (Å²) in [5, 5.41) is 5.78. The van der Waals surface area contributed by atoms with Crippen molar-refractivity contribution in [1.29, 1.82) is 0 Å². The molecule has 3 atom stereocenters. The number of nitrogens with one attached hydrogen (secondary N) is 2. The Morgan fingerprint density at radius 3 is 2.17 bits per heavy atom. The summed E-state index contributed by atoms with van der Waals surface area (Å²) in [5.41, 5.74) is 1.15. The first-order chi connectivity index (χ1) is 19.0. The number of carbonyl (C=O) groups is 3. The fourth-order valence-electron chi connectivity index (χ4n) is 4.55. The highest BCUT2D eigenvalue weighted by atomic mass is 16.6. The lowest BCUT2D eigenvalue weighted by atomic mass is 9.86. The van der Waals surface area contributed by atoms with Gasteiger partial charge in [-0.25, -0.2) is 4.79 Å². The predicted octanol–water partition coefficient (Wildman–Crippen LogP) is 5.68. The van der Waals surface area contributed by atoms with Gasteiger partial charge in [-0.05, 0) is 87.9 Å². The lowest BCUT2D eigenvalue weighted by Crippen LogP contribution is -2.58. The SMILES string of the molecule is C#Cc1ccc(C(C(=O)Nc2ccc(OC)cc2)N(C(=O)C(NC(=O)OC(C)(C)C)C(C)CC)C2CCC2)cc1. The summed E-state index contributed by atoms with van der Waals surface area (Å²) in [5.74, 6) is 2.38. The van der Waals surface area contributed by atoms with E-state index in [1.54, 1.807) is 81.3 Å². The monoisotopic (exact) mass is 547 g/mol. The Balaban J connectivity index is 2.03. The van der Waals surface area contributed by atoms with Crippen molar-refractivity contribution in [2.24, 2.45) is 5.92 Å². The van der Waals surface area contributed by atoms with Gasteiger partial charge in [0.2, 0.25) is 5.91 Å². The molecule has 214 valence electrons. The van der Waals surface area contributed by atoms with Crippen molar-refractivity contribution in [3.8, 4) is 18.1 Å². The summed E-state index contributed by atoms with van der Waals surface area (Å²) in [6.45, 7) is 9.18. The van der Waals surface area contributed by atoms with E-state index >= 15 is 0 Å². The van der Waals surface area contributed by atoms with Gasteiger partial charge < -0.3 is 25.0 Å². The van der Waals surface area contributed by atoms with E-state index in [2.05, 4.69) is 16.6 Å². The Hall–Kier alpha value is -3.99. The van der Waals surface area contributed by atoms with Crippen molar-refractivity contribution >= 4 is 23.6 Å². The molecule has 1 fully saturated rings. The molecule has 40 heavy (non-hydrogen) atoms. The van der Waals surface area contributed by atoms with Gasteiger partial charge in [0.1, 0.15) is 23.4 Å². The molecular weight excluding hydrogens is 506 g/mol. The minimum atomic E-state index is -0.946. The van der Waals surface area contributed by atoms with Crippen LogP contribution in [0.3, 0.4) is 0 Å². The lowest BCUT2D eigenvalue weighted by molar-refractivity contribution is -0.147. The molecule has 2 aromatic rings. The zero-order valence-electron chi connectivity index (χ0n) is 24.3. The fourth-order valence-corrected chi connectivity index (χ4v) is 4.55. The molecular formula is C32H41N3O5. The standard InChI is InChI=1S/C32H41N3O5/c1-8-21(3)27(34-31(38)40-32(4,5)6)30(37)35(25-11-10-12-25)28(23-15-13-22(9-2)14-16-23)29(36)33-24-17-19-26(39-7)20-18-24/h2,13-21,25,27-28H,8,10-12H2,1,3-7H3,(H,33,36)(H,34,38). The van der Waals surface area contributed by atoms with Gasteiger partial charge in [0.15, 0.2) is 0 Å². The average molecular weight is 548 g/mol. The highest BCUT2D eigenvalue weighted by Gasteiger charge is 2.43. The number of hydrogen-bond donors (Lipinski definition) is 2.